The largest absolute Gasteiger partial charge is 0.450 e. The Morgan fingerprint density at radius 3 is 2.39 bits per heavy atom. The van der Waals surface area contributed by atoms with Crippen LogP contribution in [0.5, 0.6) is 0 Å². The fraction of sp³-hybridized carbons (Fsp3) is 0.440. The maximum atomic E-state index is 13.3. The van der Waals surface area contributed by atoms with Crippen LogP contribution in [0.25, 0.3) is 0 Å². The second-order valence-electron chi connectivity index (χ2n) is 8.47. The van der Waals surface area contributed by atoms with Gasteiger partial charge in [-0.05, 0) is 56.2 Å². The number of nitrogens with zero attached hydrogens (tertiary/aromatic N) is 2. The molecular weight excluding hydrogens is 445 g/mol. The summed E-state index contributed by atoms with van der Waals surface area (Å²) in [4.78, 5) is 29.6. The zero-order chi connectivity index (χ0) is 24.0. The minimum atomic E-state index is -0.559. The maximum Gasteiger partial charge on any atom is 0.407 e. The Bertz CT molecular complexity index is 939. The molecule has 1 N–H and O–H groups in total. The molecule has 0 bridgehead atoms. The highest BCUT2D eigenvalue weighted by molar-refractivity contribution is 6.30. The summed E-state index contributed by atoms with van der Waals surface area (Å²) in [6.07, 6.45) is -0.439. The number of rotatable bonds is 7. The quantitative estimate of drug-likeness (QED) is 0.626. The van der Waals surface area contributed by atoms with E-state index in [2.05, 4.69) is 17.1 Å². The first-order valence-corrected chi connectivity index (χ1v) is 11.6. The molecule has 1 saturated heterocycles. The Kier molecular flexibility index (Phi) is 8.69. The van der Waals surface area contributed by atoms with Crippen LogP contribution < -0.4 is 5.32 Å². The van der Waals surface area contributed by atoms with Crippen LogP contribution in [0.15, 0.2) is 48.5 Å². The molecule has 6 nitrogen and oxygen atoms in total. The molecule has 1 aliphatic heterocycles. The van der Waals surface area contributed by atoms with Crippen molar-refractivity contribution in [3.63, 3.8) is 0 Å². The molecule has 1 fully saturated rings. The summed E-state index contributed by atoms with van der Waals surface area (Å²) in [5.74, 6) is -0.283. The minimum absolute atomic E-state index is 0.00242. The van der Waals surface area contributed by atoms with Gasteiger partial charge in [0.1, 0.15) is 5.82 Å². The number of benzene rings is 2. The van der Waals surface area contributed by atoms with Gasteiger partial charge < -0.3 is 15.0 Å². The van der Waals surface area contributed by atoms with Gasteiger partial charge in [-0.3, -0.25) is 9.69 Å². The third-order valence-electron chi connectivity index (χ3n) is 5.95. The summed E-state index contributed by atoms with van der Waals surface area (Å²) < 4.78 is 18.2. The van der Waals surface area contributed by atoms with Crippen LogP contribution in [-0.4, -0.2) is 53.6 Å². The zero-order valence-electron chi connectivity index (χ0n) is 19.3. The SMILES string of the molecule is CCOC(=O)NC(CC(=O)N1CC(C)N(Cc2ccc(F)cc2)CC1C)c1ccc(Cl)cc1. The van der Waals surface area contributed by atoms with Crippen LogP contribution in [0.4, 0.5) is 9.18 Å². The summed E-state index contributed by atoms with van der Waals surface area (Å²) in [6, 6.07) is 13.2. The van der Waals surface area contributed by atoms with E-state index in [1.54, 1.807) is 43.3 Å². The van der Waals surface area contributed by atoms with Crippen molar-refractivity contribution in [1.29, 1.82) is 0 Å². The Labute approximate surface area is 199 Å². The first-order chi connectivity index (χ1) is 15.8. The fourth-order valence-electron chi connectivity index (χ4n) is 4.14. The van der Waals surface area contributed by atoms with Gasteiger partial charge in [0.05, 0.1) is 19.1 Å². The van der Waals surface area contributed by atoms with E-state index >= 15 is 0 Å². The molecule has 2 aromatic carbocycles. The average molecular weight is 476 g/mol. The number of halogens is 2. The molecule has 3 unspecified atom stereocenters. The smallest absolute Gasteiger partial charge is 0.407 e. The number of amides is 2. The Balaban J connectivity index is 1.67. The zero-order valence-corrected chi connectivity index (χ0v) is 20.0. The molecule has 2 amide bonds. The van der Waals surface area contributed by atoms with Crippen LogP contribution in [0.3, 0.4) is 0 Å². The van der Waals surface area contributed by atoms with Gasteiger partial charge in [0.2, 0.25) is 5.91 Å². The lowest BCUT2D eigenvalue weighted by Gasteiger charge is -2.44. The van der Waals surface area contributed by atoms with Crippen LogP contribution >= 0.6 is 11.6 Å². The van der Waals surface area contributed by atoms with Crippen LogP contribution in [0.2, 0.25) is 5.02 Å². The van der Waals surface area contributed by atoms with E-state index in [-0.39, 0.29) is 36.8 Å². The molecule has 33 heavy (non-hydrogen) atoms. The summed E-state index contributed by atoms with van der Waals surface area (Å²) in [5, 5.41) is 3.39. The average Bonchev–Trinajstić information content (AvgIpc) is 2.77. The molecule has 0 saturated carbocycles. The van der Waals surface area contributed by atoms with Gasteiger partial charge in [-0.2, -0.15) is 0 Å². The first-order valence-electron chi connectivity index (χ1n) is 11.2. The lowest BCUT2D eigenvalue weighted by molar-refractivity contribution is -0.137. The van der Waals surface area contributed by atoms with Crippen molar-refractivity contribution < 1.29 is 18.7 Å². The third kappa shape index (κ3) is 6.92. The molecule has 3 atom stereocenters. The number of piperazine rings is 1. The Morgan fingerprint density at radius 2 is 1.76 bits per heavy atom. The van der Waals surface area contributed by atoms with Crippen molar-refractivity contribution in [2.24, 2.45) is 0 Å². The Morgan fingerprint density at radius 1 is 1.09 bits per heavy atom. The van der Waals surface area contributed by atoms with Gasteiger partial charge >= 0.3 is 6.09 Å². The standard InChI is InChI=1S/C25H31ClFN3O3/c1-4-33-25(32)28-23(20-7-9-21(26)10-8-20)13-24(31)30-15-17(2)29(14-18(30)3)16-19-5-11-22(27)12-6-19/h5-12,17-18,23H,4,13-16H2,1-3H3,(H,28,32). The lowest BCUT2D eigenvalue weighted by atomic mass is 10.0. The van der Waals surface area contributed by atoms with E-state index in [1.165, 1.54) is 12.1 Å². The van der Waals surface area contributed by atoms with Crippen LogP contribution in [0.1, 0.15) is 44.4 Å². The predicted octanol–water partition coefficient (Wildman–Crippen LogP) is 4.78. The highest BCUT2D eigenvalue weighted by Crippen LogP contribution is 2.24. The molecule has 0 aromatic heterocycles. The molecule has 1 aliphatic rings. The van der Waals surface area contributed by atoms with Gasteiger partial charge in [-0.1, -0.05) is 35.9 Å². The summed E-state index contributed by atoms with van der Waals surface area (Å²) in [7, 11) is 0. The Hall–Kier alpha value is -2.64. The van der Waals surface area contributed by atoms with Crippen molar-refractivity contribution in [3.05, 3.63) is 70.5 Å². The predicted molar refractivity (Wildman–Crippen MR) is 126 cm³/mol. The van der Waals surface area contributed by atoms with E-state index in [0.29, 0.717) is 24.7 Å². The first kappa shape index (κ1) is 25.0. The fourth-order valence-corrected chi connectivity index (χ4v) is 4.27. The third-order valence-corrected chi connectivity index (χ3v) is 6.20. The highest BCUT2D eigenvalue weighted by atomic mass is 35.5. The van der Waals surface area contributed by atoms with Crippen LogP contribution in [0, 0.1) is 5.82 Å². The highest BCUT2D eigenvalue weighted by Gasteiger charge is 2.33. The molecular formula is C25H31ClFN3O3. The van der Waals surface area contributed by atoms with Crippen molar-refractivity contribution in [2.75, 3.05) is 19.7 Å². The molecule has 178 valence electrons. The topological polar surface area (TPSA) is 61.9 Å². The van der Waals surface area contributed by atoms with Crippen molar-refractivity contribution in [2.45, 2.75) is 51.9 Å². The van der Waals surface area contributed by atoms with E-state index in [9.17, 15) is 14.0 Å². The number of nitrogens with one attached hydrogen (secondary N) is 1. The summed E-state index contributed by atoms with van der Waals surface area (Å²) >= 11 is 6.00. The lowest BCUT2D eigenvalue weighted by Crippen LogP contribution is -2.58. The summed E-state index contributed by atoms with van der Waals surface area (Å²) in [5.41, 5.74) is 1.83. The monoisotopic (exact) mass is 475 g/mol. The van der Waals surface area contributed by atoms with Crippen molar-refractivity contribution in [1.82, 2.24) is 15.1 Å². The summed E-state index contributed by atoms with van der Waals surface area (Å²) in [6.45, 7) is 8.08. The van der Waals surface area contributed by atoms with E-state index in [1.807, 2.05) is 11.8 Å². The maximum absolute atomic E-state index is 13.3. The normalized spacial score (nSPS) is 19.7. The molecule has 0 spiro atoms. The van der Waals surface area contributed by atoms with Crippen molar-refractivity contribution >= 4 is 23.6 Å². The molecule has 0 radical (unpaired) electrons. The second kappa shape index (κ2) is 11.5. The van der Waals surface area contributed by atoms with Gasteiger partial charge in [0.15, 0.2) is 0 Å². The molecule has 0 aliphatic carbocycles. The van der Waals surface area contributed by atoms with Gasteiger partial charge in [-0.15, -0.1) is 0 Å². The van der Waals surface area contributed by atoms with Gasteiger partial charge in [0.25, 0.3) is 0 Å². The molecule has 8 heteroatoms. The molecule has 1 heterocycles. The van der Waals surface area contributed by atoms with E-state index in [4.69, 9.17) is 16.3 Å². The number of hydrogen-bond acceptors (Lipinski definition) is 4. The minimum Gasteiger partial charge on any atom is -0.450 e. The number of ether oxygens (including phenoxy) is 1. The van der Waals surface area contributed by atoms with Crippen LogP contribution in [-0.2, 0) is 16.1 Å². The number of alkyl carbamates (subject to hydrolysis) is 1. The second-order valence-corrected chi connectivity index (χ2v) is 8.91. The number of hydrogen-bond donors (Lipinski definition) is 1. The van der Waals surface area contributed by atoms with E-state index < -0.39 is 12.1 Å². The van der Waals surface area contributed by atoms with E-state index in [0.717, 1.165) is 11.1 Å². The number of carbonyl (C=O) groups excluding carboxylic acids is 2. The number of carbonyl (C=O) groups is 2. The van der Waals surface area contributed by atoms with Gasteiger partial charge in [-0.25, -0.2) is 9.18 Å². The molecule has 3 rings (SSSR count). The molecule has 2 aromatic rings. The van der Waals surface area contributed by atoms with Crippen molar-refractivity contribution in [3.8, 4) is 0 Å². The van der Waals surface area contributed by atoms with Gasteiger partial charge in [0, 0.05) is 36.7 Å².